The summed E-state index contributed by atoms with van der Waals surface area (Å²) in [6.45, 7) is 4.31. The number of nitrogens with one attached hydrogen (secondary N) is 2. The van der Waals surface area contributed by atoms with Crippen LogP contribution in [-0.2, 0) is 11.2 Å². The molecular weight excluding hydrogens is 252 g/mol. The second kappa shape index (κ2) is 6.91. The van der Waals surface area contributed by atoms with Gasteiger partial charge in [0.25, 0.3) is 0 Å². The Bertz CT molecular complexity index is 532. The van der Waals surface area contributed by atoms with E-state index in [1.165, 1.54) is 5.56 Å². The van der Waals surface area contributed by atoms with Crippen LogP contribution in [0.1, 0.15) is 31.2 Å². The van der Waals surface area contributed by atoms with E-state index in [2.05, 4.69) is 17.6 Å². The van der Waals surface area contributed by atoms with Crippen LogP contribution >= 0.6 is 0 Å². The maximum Gasteiger partial charge on any atom is 0.238 e. The van der Waals surface area contributed by atoms with Crippen LogP contribution in [0.2, 0.25) is 0 Å². The largest absolute Gasteiger partial charge is 0.468 e. The summed E-state index contributed by atoms with van der Waals surface area (Å²) in [6.07, 6.45) is 2.62. The highest BCUT2D eigenvalue weighted by molar-refractivity contribution is 5.92. The van der Waals surface area contributed by atoms with E-state index < -0.39 is 0 Å². The van der Waals surface area contributed by atoms with Crippen molar-refractivity contribution in [2.45, 2.75) is 26.3 Å². The predicted molar refractivity (Wildman–Crippen MR) is 79.6 cm³/mol. The maximum absolute atomic E-state index is 11.8. The second-order valence-electron chi connectivity index (χ2n) is 4.72. The number of rotatable bonds is 6. The summed E-state index contributed by atoms with van der Waals surface area (Å²) in [5.74, 6) is 0.762. The van der Waals surface area contributed by atoms with Crippen LogP contribution in [0.3, 0.4) is 0 Å². The first kappa shape index (κ1) is 14.3. The monoisotopic (exact) mass is 272 g/mol. The minimum absolute atomic E-state index is 0.0122. The maximum atomic E-state index is 11.8. The number of furan rings is 1. The Balaban J connectivity index is 1.80. The minimum atomic E-state index is -0.0624. The Morgan fingerprint density at radius 2 is 2.00 bits per heavy atom. The van der Waals surface area contributed by atoms with Crippen molar-refractivity contribution in [2.24, 2.45) is 0 Å². The molecule has 2 N–H and O–H groups in total. The van der Waals surface area contributed by atoms with E-state index in [1.807, 2.05) is 43.3 Å². The van der Waals surface area contributed by atoms with Gasteiger partial charge >= 0.3 is 0 Å². The fraction of sp³-hybridized carbons (Fsp3) is 0.312. The highest BCUT2D eigenvalue weighted by atomic mass is 16.3. The summed E-state index contributed by atoms with van der Waals surface area (Å²) in [6, 6.07) is 11.6. The summed E-state index contributed by atoms with van der Waals surface area (Å²) < 4.78 is 5.28. The molecule has 0 bridgehead atoms. The third kappa shape index (κ3) is 3.96. The van der Waals surface area contributed by atoms with Crippen molar-refractivity contribution < 1.29 is 9.21 Å². The van der Waals surface area contributed by atoms with E-state index >= 15 is 0 Å². The molecule has 106 valence electrons. The van der Waals surface area contributed by atoms with Gasteiger partial charge in [0.1, 0.15) is 5.76 Å². The van der Waals surface area contributed by atoms with Crippen molar-refractivity contribution in [3.8, 4) is 0 Å². The summed E-state index contributed by atoms with van der Waals surface area (Å²) in [7, 11) is 0. The first-order valence-electron chi connectivity index (χ1n) is 6.84. The van der Waals surface area contributed by atoms with Gasteiger partial charge in [-0.05, 0) is 43.2 Å². The van der Waals surface area contributed by atoms with E-state index in [1.54, 1.807) is 6.26 Å². The molecule has 4 heteroatoms. The van der Waals surface area contributed by atoms with E-state index in [9.17, 15) is 4.79 Å². The topological polar surface area (TPSA) is 54.3 Å². The molecule has 20 heavy (non-hydrogen) atoms. The Hall–Kier alpha value is -2.07. The highest BCUT2D eigenvalue weighted by Gasteiger charge is 2.09. The second-order valence-corrected chi connectivity index (χ2v) is 4.72. The van der Waals surface area contributed by atoms with Crippen molar-refractivity contribution in [1.82, 2.24) is 5.32 Å². The van der Waals surface area contributed by atoms with Gasteiger partial charge in [0.2, 0.25) is 5.91 Å². The Labute approximate surface area is 119 Å². The molecule has 0 radical (unpaired) electrons. The predicted octanol–water partition coefficient (Wildman–Crippen LogP) is 3.13. The van der Waals surface area contributed by atoms with Crippen molar-refractivity contribution in [3.63, 3.8) is 0 Å². The molecule has 0 saturated carbocycles. The summed E-state index contributed by atoms with van der Waals surface area (Å²) >= 11 is 0. The van der Waals surface area contributed by atoms with Gasteiger partial charge < -0.3 is 9.73 Å². The summed E-state index contributed by atoms with van der Waals surface area (Å²) in [5.41, 5.74) is 2.08. The SMILES string of the molecule is CCc1ccc(NC(=O)CN[C@@H](C)c2ccco2)cc1. The fourth-order valence-electron chi connectivity index (χ4n) is 1.91. The van der Waals surface area contributed by atoms with Gasteiger partial charge in [-0.15, -0.1) is 0 Å². The van der Waals surface area contributed by atoms with Crippen molar-refractivity contribution in [2.75, 3.05) is 11.9 Å². The molecule has 0 aliphatic carbocycles. The van der Waals surface area contributed by atoms with Crippen LogP contribution in [0, 0.1) is 0 Å². The smallest absolute Gasteiger partial charge is 0.238 e. The molecule has 0 aliphatic heterocycles. The first-order chi connectivity index (χ1) is 9.69. The molecule has 1 heterocycles. The van der Waals surface area contributed by atoms with E-state index in [0.717, 1.165) is 17.9 Å². The lowest BCUT2D eigenvalue weighted by Gasteiger charge is -2.11. The van der Waals surface area contributed by atoms with E-state index in [0.29, 0.717) is 0 Å². The lowest BCUT2D eigenvalue weighted by atomic mass is 10.1. The number of hydrogen-bond donors (Lipinski definition) is 2. The first-order valence-corrected chi connectivity index (χ1v) is 6.84. The van der Waals surface area contributed by atoms with Gasteiger partial charge in [0, 0.05) is 5.69 Å². The van der Waals surface area contributed by atoms with E-state index in [4.69, 9.17) is 4.42 Å². The minimum Gasteiger partial charge on any atom is -0.468 e. The molecule has 4 nitrogen and oxygen atoms in total. The van der Waals surface area contributed by atoms with Crippen molar-refractivity contribution in [3.05, 3.63) is 54.0 Å². The Morgan fingerprint density at radius 3 is 2.60 bits per heavy atom. The molecule has 1 aromatic heterocycles. The van der Waals surface area contributed by atoms with Gasteiger partial charge in [-0.2, -0.15) is 0 Å². The average Bonchev–Trinajstić information content (AvgIpc) is 3.00. The lowest BCUT2D eigenvalue weighted by molar-refractivity contribution is -0.115. The molecule has 1 aromatic carbocycles. The van der Waals surface area contributed by atoms with Gasteiger partial charge in [0.05, 0.1) is 18.8 Å². The van der Waals surface area contributed by atoms with Crippen LogP contribution in [0.5, 0.6) is 0 Å². The quantitative estimate of drug-likeness (QED) is 0.849. The molecule has 2 aromatic rings. The van der Waals surface area contributed by atoms with Crippen LogP contribution < -0.4 is 10.6 Å². The zero-order valence-electron chi connectivity index (χ0n) is 11.8. The van der Waals surface area contributed by atoms with Crippen LogP contribution in [0.4, 0.5) is 5.69 Å². The number of hydrogen-bond acceptors (Lipinski definition) is 3. The number of benzene rings is 1. The zero-order valence-corrected chi connectivity index (χ0v) is 11.8. The molecule has 0 unspecified atom stereocenters. The molecule has 1 amide bonds. The van der Waals surface area contributed by atoms with Crippen LogP contribution in [0.25, 0.3) is 0 Å². The fourth-order valence-corrected chi connectivity index (χ4v) is 1.91. The average molecular weight is 272 g/mol. The van der Waals surface area contributed by atoms with Crippen LogP contribution in [0.15, 0.2) is 47.1 Å². The van der Waals surface area contributed by atoms with Gasteiger partial charge in [-0.25, -0.2) is 0 Å². The lowest BCUT2D eigenvalue weighted by Crippen LogP contribution is -2.29. The molecule has 0 saturated heterocycles. The third-order valence-corrected chi connectivity index (χ3v) is 3.18. The van der Waals surface area contributed by atoms with Crippen molar-refractivity contribution >= 4 is 11.6 Å². The molecule has 0 fully saturated rings. The van der Waals surface area contributed by atoms with Gasteiger partial charge in [0.15, 0.2) is 0 Å². The number of aryl methyl sites for hydroxylation is 1. The number of anilines is 1. The molecular formula is C16H20N2O2. The summed E-state index contributed by atoms with van der Waals surface area (Å²) in [4.78, 5) is 11.8. The standard InChI is InChI=1S/C16H20N2O2/c1-3-13-6-8-14(9-7-13)18-16(19)11-17-12(2)15-5-4-10-20-15/h4-10,12,17H,3,11H2,1-2H3,(H,18,19)/t12-/m0/s1. The molecule has 1 atom stereocenters. The number of carbonyl (C=O) groups is 1. The third-order valence-electron chi connectivity index (χ3n) is 3.18. The number of carbonyl (C=O) groups excluding carboxylic acids is 1. The summed E-state index contributed by atoms with van der Waals surface area (Å²) in [5, 5.41) is 5.98. The van der Waals surface area contributed by atoms with Gasteiger partial charge in [-0.1, -0.05) is 19.1 Å². The molecule has 2 rings (SSSR count). The number of amides is 1. The zero-order chi connectivity index (χ0) is 14.4. The molecule has 0 aliphatic rings. The Kier molecular flexibility index (Phi) is 4.96. The normalized spacial score (nSPS) is 12.1. The van der Waals surface area contributed by atoms with Crippen molar-refractivity contribution in [1.29, 1.82) is 0 Å². The Morgan fingerprint density at radius 1 is 1.25 bits per heavy atom. The van der Waals surface area contributed by atoms with E-state index in [-0.39, 0.29) is 18.5 Å². The van der Waals surface area contributed by atoms with Crippen LogP contribution in [-0.4, -0.2) is 12.5 Å². The highest BCUT2D eigenvalue weighted by Crippen LogP contribution is 2.12. The van der Waals surface area contributed by atoms with Gasteiger partial charge in [-0.3, -0.25) is 10.1 Å². The molecule has 0 spiro atoms.